The molecule has 1 aliphatic heterocycles. The molecular weight excluding hydrogens is 396 g/mol. The molecule has 0 spiro atoms. The molecule has 1 heterocycles. The van der Waals surface area contributed by atoms with Crippen molar-refractivity contribution < 1.29 is 14.9 Å². The van der Waals surface area contributed by atoms with E-state index in [1.165, 1.54) is 38.5 Å². The van der Waals surface area contributed by atoms with Gasteiger partial charge >= 0.3 is 0 Å². The monoisotopic (exact) mass is 448 g/mol. The molecule has 0 radical (unpaired) electrons. The maximum atomic E-state index is 10.8. The van der Waals surface area contributed by atoms with Crippen LogP contribution in [0.4, 0.5) is 0 Å². The lowest BCUT2D eigenvalue weighted by Gasteiger charge is -2.60. The van der Waals surface area contributed by atoms with Gasteiger partial charge in [-0.1, -0.05) is 60.8 Å². The summed E-state index contributed by atoms with van der Waals surface area (Å²) in [6.45, 7) is 17.0. The zero-order valence-corrected chi connectivity index (χ0v) is 22.2. The number of aliphatic hydroxyl groups excluding tert-OH is 2. The molecule has 3 nitrogen and oxygen atoms in total. The number of epoxide rings is 1. The first-order valence-corrected chi connectivity index (χ1v) is 13.9. The maximum absolute atomic E-state index is 10.8. The van der Waals surface area contributed by atoms with Crippen molar-refractivity contribution >= 4 is 0 Å². The van der Waals surface area contributed by atoms with Gasteiger partial charge in [0.2, 0.25) is 0 Å². The van der Waals surface area contributed by atoms with Crippen molar-refractivity contribution in [2.75, 3.05) is 6.61 Å². The van der Waals surface area contributed by atoms with Crippen molar-refractivity contribution in [1.29, 1.82) is 0 Å². The standard InChI is InChI=1S/C29H52O3/c1-20(2)10-8-11-21(3)23-12-15-27(7)25(23,5)17-18-28-26(6,14-9-19-30)24(22(4)31)13-16-29(27,28)32-28/h20-24,30-31H,8-19H2,1-7H3/t21-,22+,23-,24+,25-,26+,27-,28+,29+/m1/s1. The van der Waals surface area contributed by atoms with E-state index >= 15 is 0 Å². The van der Waals surface area contributed by atoms with E-state index in [1.54, 1.807) is 0 Å². The molecule has 3 saturated carbocycles. The van der Waals surface area contributed by atoms with Crippen LogP contribution in [0.2, 0.25) is 0 Å². The van der Waals surface area contributed by atoms with Crippen LogP contribution in [-0.2, 0) is 4.74 Å². The molecule has 0 bridgehead atoms. The molecule has 186 valence electrons. The average Bonchev–Trinajstić information content (AvgIpc) is 3.35. The highest BCUT2D eigenvalue weighted by molar-refractivity contribution is 5.37. The summed E-state index contributed by atoms with van der Waals surface area (Å²) < 4.78 is 7.14. The topological polar surface area (TPSA) is 53.0 Å². The predicted octanol–water partition coefficient (Wildman–Crippen LogP) is 6.74. The molecule has 0 aromatic heterocycles. The number of rotatable bonds is 9. The summed E-state index contributed by atoms with van der Waals surface area (Å²) in [6, 6.07) is 0. The molecule has 0 aromatic carbocycles. The minimum atomic E-state index is -0.311. The van der Waals surface area contributed by atoms with E-state index < -0.39 is 0 Å². The van der Waals surface area contributed by atoms with Crippen molar-refractivity contribution in [3.05, 3.63) is 0 Å². The highest BCUT2D eigenvalue weighted by Gasteiger charge is 2.89. The minimum Gasteiger partial charge on any atom is -0.396 e. The van der Waals surface area contributed by atoms with Crippen molar-refractivity contribution in [3.63, 3.8) is 0 Å². The van der Waals surface area contributed by atoms with E-state index in [4.69, 9.17) is 4.74 Å². The third-order valence-electron chi connectivity index (χ3n) is 12.0. The van der Waals surface area contributed by atoms with E-state index in [9.17, 15) is 10.2 Å². The SMILES string of the molecule is CC(C)CCC[C@@H](C)[C@H]1CC[C@@]2(C)[C@@]34CC[C@@H]([C@H](C)O)[C@](C)(CCCO)[C@]3(CC[C@]12C)O4. The van der Waals surface area contributed by atoms with Gasteiger partial charge in [0.25, 0.3) is 0 Å². The van der Waals surface area contributed by atoms with Crippen molar-refractivity contribution in [2.24, 2.45) is 39.9 Å². The van der Waals surface area contributed by atoms with E-state index in [0.717, 1.165) is 49.9 Å². The van der Waals surface area contributed by atoms with Crippen LogP contribution < -0.4 is 0 Å². The summed E-state index contributed by atoms with van der Waals surface area (Å²) in [4.78, 5) is 0. The molecule has 2 N–H and O–H groups in total. The summed E-state index contributed by atoms with van der Waals surface area (Å²) in [6.07, 6.45) is 12.7. The Kier molecular flexibility index (Phi) is 6.43. The average molecular weight is 449 g/mol. The largest absolute Gasteiger partial charge is 0.396 e. The quantitative estimate of drug-likeness (QED) is 0.384. The molecule has 3 aliphatic carbocycles. The van der Waals surface area contributed by atoms with Gasteiger partial charge in [0.05, 0.1) is 6.10 Å². The van der Waals surface area contributed by atoms with Gasteiger partial charge in [-0.2, -0.15) is 0 Å². The fraction of sp³-hybridized carbons (Fsp3) is 1.00. The van der Waals surface area contributed by atoms with E-state index in [0.29, 0.717) is 5.41 Å². The molecular formula is C29H52O3. The first-order valence-electron chi connectivity index (χ1n) is 13.9. The number of hydrogen-bond donors (Lipinski definition) is 2. The van der Waals surface area contributed by atoms with E-state index in [1.807, 2.05) is 6.92 Å². The van der Waals surface area contributed by atoms with Gasteiger partial charge in [0.15, 0.2) is 0 Å². The summed E-state index contributed by atoms with van der Waals surface area (Å²) in [5.41, 5.74) is 0.403. The summed E-state index contributed by atoms with van der Waals surface area (Å²) in [5, 5.41) is 20.4. The predicted molar refractivity (Wildman–Crippen MR) is 131 cm³/mol. The lowest BCUT2D eigenvalue weighted by molar-refractivity contribution is -0.106. The number of hydrogen-bond acceptors (Lipinski definition) is 3. The Balaban J connectivity index is 1.62. The van der Waals surface area contributed by atoms with Crippen LogP contribution in [0.5, 0.6) is 0 Å². The second-order valence-corrected chi connectivity index (χ2v) is 13.6. The summed E-state index contributed by atoms with van der Waals surface area (Å²) >= 11 is 0. The lowest BCUT2D eigenvalue weighted by atomic mass is 9.41. The molecule has 4 rings (SSSR count). The van der Waals surface area contributed by atoms with Gasteiger partial charge in [-0.05, 0) is 87.4 Å². The fourth-order valence-corrected chi connectivity index (χ4v) is 10.0. The van der Waals surface area contributed by atoms with Crippen molar-refractivity contribution in [1.82, 2.24) is 0 Å². The summed E-state index contributed by atoms with van der Waals surface area (Å²) in [5.74, 6) is 2.67. The first kappa shape index (κ1) is 25.0. The van der Waals surface area contributed by atoms with Gasteiger partial charge < -0.3 is 14.9 Å². The Bertz CT molecular complexity index is 690. The Labute approximate surface area is 198 Å². The highest BCUT2D eigenvalue weighted by atomic mass is 16.6. The first-order chi connectivity index (χ1) is 14.9. The summed E-state index contributed by atoms with van der Waals surface area (Å²) in [7, 11) is 0. The van der Waals surface area contributed by atoms with Gasteiger partial charge in [-0.15, -0.1) is 0 Å². The second-order valence-electron chi connectivity index (χ2n) is 13.6. The van der Waals surface area contributed by atoms with Crippen LogP contribution >= 0.6 is 0 Å². The third kappa shape index (κ3) is 3.08. The van der Waals surface area contributed by atoms with Gasteiger partial charge in [0.1, 0.15) is 11.2 Å². The zero-order chi connectivity index (χ0) is 23.6. The normalized spacial score (nSPS) is 49.3. The van der Waals surface area contributed by atoms with Crippen molar-refractivity contribution in [2.45, 2.75) is 136 Å². The Morgan fingerprint density at radius 2 is 1.53 bits per heavy atom. The highest BCUT2D eigenvalue weighted by Crippen LogP contribution is 2.84. The molecule has 0 aromatic rings. The Morgan fingerprint density at radius 1 is 0.844 bits per heavy atom. The maximum Gasteiger partial charge on any atom is 0.104 e. The van der Waals surface area contributed by atoms with Crippen LogP contribution in [0, 0.1) is 39.9 Å². The molecule has 0 amide bonds. The van der Waals surface area contributed by atoms with Crippen molar-refractivity contribution in [3.8, 4) is 0 Å². The van der Waals surface area contributed by atoms with Crippen LogP contribution in [0.25, 0.3) is 0 Å². The Morgan fingerprint density at radius 3 is 2.16 bits per heavy atom. The zero-order valence-electron chi connectivity index (χ0n) is 22.2. The molecule has 32 heavy (non-hydrogen) atoms. The number of fused-ring (bicyclic) bond motifs is 1. The fourth-order valence-electron chi connectivity index (χ4n) is 10.0. The molecule has 4 aliphatic rings. The molecule has 1 saturated heterocycles. The van der Waals surface area contributed by atoms with Crippen LogP contribution in [0.1, 0.15) is 119 Å². The van der Waals surface area contributed by atoms with Crippen LogP contribution in [0.3, 0.4) is 0 Å². The molecule has 9 atom stereocenters. The van der Waals surface area contributed by atoms with E-state index in [-0.39, 0.29) is 40.7 Å². The molecule has 4 fully saturated rings. The number of ether oxygens (including phenoxy) is 1. The second kappa shape index (κ2) is 8.23. The van der Waals surface area contributed by atoms with Gasteiger partial charge in [0, 0.05) is 17.4 Å². The lowest BCUT2D eigenvalue weighted by Crippen LogP contribution is -2.63. The third-order valence-corrected chi connectivity index (χ3v) is 12.0. The van der Waals surface area contributed by atoms with Crippen LogP contribution in [0.15, 0.2) is 0 Å². The van der Waals surface area contributed by atoms with E-state index in [2.05, 4.69) is 41.5 Å². The van der Waals surface area contributed by atoms with Crippen LogP contribution in [-0.4, -0.2) is 34.1 Å². The molecule has 3 heteroatoms. The molecule has 0 unspecified atom stereocenters. The van der Waals surface area contributed by atoms with Gasteiger partial charge in [-0.25, -0.2) is 0 Å². The minimum absolute atomic E-state index is 0.0189. The smallest absolute Gasteiger partial charge is 0.104 e. The Hall–Kier alpha value is -0.120. The number of aliphatic hydroxyl groups is 2. The van der Waals surface area contributed by atoms with Gasteiger partial charge in [-0.3, -0.25) is 0 Å².